The maximum absolute atomic E-state index is 11.9. The number of amides is 2. The maximum Gasteiger partial charge on any atom is 0.315 e. The molecular formula is C16H24N4O. The van der Waals surface area contributed by atoms with E-state index in [0.29, 0.717) is 12.6 Å². The Kier molecular flexibility index (Phi) is 4.36. The smallest absolute Gasteiger partial charge is 0.315 e. The predicted molar refractivity (Wildman–Crippen MR) is 80.6 cm³/mol. The van der Waals surface area contributed by atoms with Gasteiger partial charge in [-0.15, -0.1) is 0 Å². The fourth-order valence-corrected chi connectivity index (χ4v) is 3.46. The summed E-state index contributed by atoms with van der Waals surface area (Å²) in [7, 11) is 0. The van der Waals surface area contributed by atoms with Gasteiger partial charge in [0.15, 0.2) is 0 Å². The Labute approximate surface area is 125 Å². The van der Waals surface area contributed by atoms with Crippen LogP contribution in [0.1, 0.15) is 50.0 Å². The van der Waals surface area contributed by atoms with Crippen LogP contribution in [0, 0.1) is 18.8 Å². The highest BCUT2D eigenvalue weighted by molar-refractivity contribution is 5.74. The molecule has 0 saturated heterocycles. The summed E-state index contributed by atoms with van der Waals surface area (Å²) < 4.78 is 0. The largest absolute Gasteiger partial charge is 0.335 e. The zero-order chi connectivity index (χ0) is 14.7. The molecule has 0 unspecified atom stereocenters. The average molecular weight is 288 g/mol. The van der Waals surface area contributed by atoms with E-state index in [2.05, 4.69) is 20.6 Å². The van der Waals surface area contributed by atoms with Gasteiger partial charge in [-0.2, -0.15) is 0 Å². The highest BCUT2D eigenvalue weighted by Gasteiger charge is 2.43. The first-order valence-corrected chi connectivity index (χ1v) is 8.05. The molecule has 0 bridgehead atoms. The van der Waals surface area contributed by atoms with Crippen molar-refractivity contribution in [2.24, 2.45) is 11.8 Å². The number of hydrogen-bond acceptors (Lipinski definition) is 3. The molecule has 2 saturated carbocycles. The van der Waals surface area contributed by atoms with Crippen LogP contribution in [-0.2, 0) is 6.54 Å². The summed E-state index contributed by atoms with van der Waals surface area (Å²) in [4.78, 5) is 20.2. The van der Waals surface area contributed by atoms with Crippen LogP contribution in [0.3, 0.4) is 0 Å². The Hall–Kier alpha value is -1.65. The number of carbonyl (C=O) groups excluding carboxylic acids is 1. The summed E-state index contributed by atoms with van der Waals surface area (Å²) in [6.07, 6.45) is 9.71. The lowest BCUT2D eigenvalue weighted by Crippen LogP contribution is -2.37. The van der Waals surface area contributed by atoms with Crippen LogP contribution >= 0.6 is 0 Å². The number of aromatic nitrogens is 2. The minimum Gasteiger partial charge on any atom is -0.335 e. The molecule has 2 N–H and O–H groups in total. The summed E-state index contributed by atoms with van der Waals surface area (Å²) in [5.41, 5.74) is 0.845. The standard InChI is InChI=1S/C16H24N4O/c1-11-17-8-7-13(19-11)10-18-16(21)20-15-9-14(15)12-5-3-2-4-6-12/h7-8,12,14-15H,2-6,9-10H2,1H3,(H2,18,20,21)/t14-,15+/m0/s1. The van der Waals surface area contributed by atoms with Crippen molar-refractivity contribution in [3.63, 3.8) is 0 Å². The molecule has 0 radical (unpaired) electrons. The van der Waals surface area contributed by atoms with E-state index in [1.807, 2.05) is 13.0 Å². The Balaban J connectivity index is 1.39. The number of urea groups is 1. The van der Waals surface area contributed by atoms with Gasteiger partial charge in [-0.3, -0.25) is 0 Å². The lowest BCUT2D eigenvalue weighted by atomic mass is 9.85. The molecule has 5 heteroatoms. The van der Waals surface area contributed by atoms with Crippen molar-refractivity contribution >= 4 is 6.03 Å². The fraction of sp³-hybridized carbons (Fsp3) is 0.688. The molecule has 1 aromatic rings. The normalized spacial score (nSPS) is 25.4. The molecule has 2 amide bonds. The molecule has 2 fully saturated rings. The quantitative estimate of drug-likeness (QED) is 0.894. The molecule has 2 aliphatic carbocycles. The third kappa shape index (κ3) is 3.93. The van der Waals surface area contributed by atoms with E-state index in [1.54, 1.807) is 6.20 Å². The number of nitrogens with zero attached hydrogens (tertiary/aromatic N) is 2. The minimum atomic E-state index is -0.0745. The van der Waals surface area contributed by atoms with Crippen LogP contribution in [-0.4, -0.2) is 22.0 Å². The van der Waals surface area contributed by atoms with Gasteiger partial charge in [-0.05, 0) is 31.2 Å². The number of carbonyl (C=O) groups is 1. The molecule has 1 heterocycles. The minimum absolute atomic E-state index is 0.0745. The van der Waals surface area contributed by atoms with Gasteiger partial charge in [0.05, 0.1) is 12.2 Å². The SMILES string of the molecule is Cc1nccc(CNC(=O)N[C@@H]2C[C@H]2C2CCCCC2)n1. The topological polar surface area (TPSA) is 66.9 Å². The van der Waals surface area contributed by atoms with E-state index in [1.165, 1.54) is 32.1 Å². The number of nitrogens with one attached hydrogen (secondary N) is 2. The number of hydrogen-bond donors (Lipinski definition) is 2. The summed E-state index contributed by atoms with van der Waals surface area (Å²) >= 11 is 0. The van der Waals surface area contributed by atoms with Crippen molar-refractivity contribution in [3.05, 3.63) is 23.8 Å². The lowest BCUT2D eigenvalue weighted by Gasteiger charge is -2.21. The molecule has 2 aliphatic rings. The lowest BCUT2D eigenvalue weighted by molar-refractivity contribution is 0.237. The van der Waals surface area contributed by atoms with Gasteiger partial charge in [0.1, 0.15) is 5.82 Å². The number of aryl methyl sites for hydroxylation is 1. The first kappa shape index (κ1) is 14.3. The van der Waals surface area contributed by atoms with E-state index in [9.17, 15) is 4.79 Å². The van der Waals surface area contributed by atoms with Gasteiger partial charge in [-0.25, -0.2) is 14.8 Å². The van der Waals surface area contributed by atoms with E-state index in [4.69, 9.17) is 0 Å². The summed E-state index contributed by atoms with van der Waals surface area (Å²) in [5, 5.41) is 5.97. The molecule has 5 nitrogen and oxygen atoms in total. The Morgan fingerprint density at radius 1 is 1.33 bits per heavy atom. The van der Waals surface area contributed by atoms with Gasteiger partial charge in [0, 0.05) is 12.2 Å². The van der Waals surface area contributed by atoms with Crippen LogP contribution in [0.25, 0.3) is 0 Å². The van der Waals surface area contributed by atoms with Crippen molar-refractivity contribution in [3.8, 4) is 0 Å². The summed E-state index contributed by atoms with van der Waals surface area (Å²) in [5.74, 6) is 2.29. The van der Waals surface area contributed by atoms with Crippen molar-refractivity contribution < 1.29 is 4.79 Å². The second-order valence-corrected chi connectivity index (χ2v) is 6.33. The van der Waals surface area contributed by atoms with Crippen molar-refractivity contribution in [2.45, 2.75) is 58.0 Å². The van der Waals surface area contributed by atoms with Crippen molar-refractivity contribution in [1.82, 2.24) is 20.6 Å². The molecule has 0 aliphatic heterocycles. The second-order valence-electron chi connectivity index (χ2n) is 6.33. The predicted octanol–water partition coefficient (Wildman–Crippen LogP) is 2.55. The Bertz CT molecular complexity index is 499. The van der Waals surface area contributed by atoms with Crippen LogP contribution < -0.4 is 10.6 Å². The van der Waals surface area contributed by atoms with E-state index >= 15 is 0 Å². The van der Waals surface area contributed by atoms with Gasteiger partial charge < -0.3 is 10.6 Å². The van der Waals surface area contributed by atoms with Gasteiger partial charge in [0.25, 0.3) is 0 Å². The Morgan fingerprint density at radius 2 is 2.14 bits per heavy atom. The number of rotatable bonds is 4. The molecule has 3 rings (SSSR count). The van der Waals surface area contributed by atoms with Crippen LogP contribution in [0.15, 0.2) is 12.3 Å². The zero-order valence-electron chi connectivity index (χ0n) is 12.6. The summed E-state index contributed by atoms with van der Waals surface area (Å²) in [6.45, 7) is 2.30. The van der Waals surface area contributed by atoms with Gasteiger partial charge in [0.2, 0.25) is 0 Å². The van der Waals surface area contributed by atoms with Gasteiger partial charge in [-0.1, -0.05) is 32.1 Å². The molecule has 0 spiro atoms. The molecule has 114 valence electrons. The van der Waals surface area contributed by atoms with E-state index in [-0.39, 0.29) is 6.03 Å². The second kappa shape index (κ2) is 6.41. The average Bonchev–Trinajstić information content (AvgIpc) is 3.25. The molecule has 2 atom stereocenters. The van der Waals surface area contributed by atoms with Crippen LogP contribution in [0.4, 0.5) is 4.79 Å². The third-order valence-electron chi connectivity index (χ3n) is 4.68. The first-order chi connectivity index (χ1) is 10.2. The fourth-order valence-electron chi connectivity index (χ4n) is 3.46. The first-order valence-electron chi connectivity index (χ1n) is 8.05. The van der Waals surface area contributed by atoms with Crippen molar-refractivity contribution in [2.75, 3.05) is 0 Å². The highest BCUT2D eigenvalue weighted by atomic mass is 16.2. The molecule has 21 heavy (non-hydrogen) atoms. The highest BCUT2D eigenvalue weighted by Crippen LogP contribution is 2.44. The van der Waals surface area contributed by atoms with Crippen LogP contribution in [0.5, 0.6) is 0 Å². The van der Waals surface area contributed by atoms with E-state index in [0.717, 1.165) is 29.8 Å². The van der Waals surface area contributed by atoms with Crippen LogP contribution in [0.2, 0.25) is 0 Å². The molecular weight excluding hydrogens is 264 g/mol. The van der Waals surface area contributed by atoms with Crippen molar-refractivity contribution in [1.29, 1.82) is 0 Å². The molecule has 1 aromatic heterocycles. The monoisotopic (exact) mass is 288 g/mol. The third-order valence-corrected chi connectivity index (χ3v) is 4.68. The maximum atomic E-state index is 11.9. The molecule has 0 aromatic carbocycles. The zero-order valence-corrected chi connectivity index (χ0v) is 12.6. The summed E-state index contributed by atoms with van der Waals surface area (Å²) in [6, 6.07) is 2.14. The van der Waals surface area contributed by atoms with Gasteiger partial charge >= 0.3 is 6.03 Å². The van der Waals surface area contributed by atoms with E-state index < -0.39 is 0 Å². The Morgan fingerprint density at radius 3 is 2.90 bits per heavy atom.